The number of nitrogens with zero attached hydrogens (tertiary/aromatic N) is 2. The zero-order chi connectivity index (χ0) is 23.1. The van der Waals surface area contributed by atoms with Gasteiger partial charge in [-0.25, -0.2) is 0 Å². The monoisotopic (exact) mass is 430 g/mol. The maximum absolute atomic E-state index is 12.4. The molecule has 0 aliphatic rings. The summed E-state index contributed by atoms with van der Waals surface area (Å²) in [7, 11) is 0. The van der Waals surface area contributed by atoms with Crippen LogP contribution in [0.2, 0.25) is 0 Å². The molecular formula is C27H30N2O3. The Labute approximate surface area is 189 Å². The molecule has 0 bridgehead atoms. The Kier molecular flexibility index (Phi) is 7.90. The molecule has 0 saturated heterocycles. The van der Waals surface area contributed by atoms with Gasteiger partial charge < -0.3 is 10.3 Å². The van der Waals surface area contributed by atoms with Crippen molar-refractivity contribution >= 4 is 11.5 Å². The highest BCUT2D eigenvalue weighted by Gasteiger charge is 2.21. The smallest absolute Gasteiger partial charge is 0.162 e. The van der Waals surface area contributed by atoms with Gasteiger partial charge in [-0.05, 0) is 56.0 Å². The minimum Gasteiger partial charge on any atom is -0.411 e. The summed E-state index contributed by atoms with van der Waals surface area (Å²) >= 11 is 0. The van der Waals surface area contributed by atoms with Crippen molar-refractivity contribution in [2.45, 2.75) is 52.1 Å². The second-order valence-electron chi connectivity index (χ2n) is 8.28. The number of carbonyl (C=O) groups excluding carboxylic acids is 1. The average molecular weight is 431 g/mol. The van der Waals surface area contributed by atoms with Crippen molar-refractivity contribution in [1.29, 1.82) is 0 Å². The van der Waals surface area contributed by atoms with Crippen molar-refractivity contribution in [3.05, 3.63) is 100 Å². The van der Waals surface area contributed by atoms with Crippen molar-refractivity contribution in [2.75, 3.05) is 0 Å². The van der Waals surface area contributed by atoms with Crippen LogP contribution in [0.25, 0.3) is 0 Å². The molecule has 1 heterocycles. The van der Waals surface area contributed by atoms with Crippen molar-refractivity contribution in [3.8, 4) is 0 Å². The predicted molar refractivity (Wildman–Crippen MR) is 127 cm³/mol. The molecule has 2 N–H and O–H groups in total. The van der Waals surface area contributed by atoms with E-state index < -0.39 is 6.10 Å². The Morgan fingerprint density at radius 1 is 1.03 bits per heavy atom. The first-order valence-corrected chi connectivity index (χ1v) is 10.9. The van der Waals surface area contributed by atoms with Gasteiger partial charge in [-0.2, -0.15) is 0 Å². The number of hydrogen-bond donors (Lipinski definition) is 2. The first-order valence-electron chi connectivity index (χ1n) is 10.9. The van der Waals surface area contributed by atoms with Gasteiger partial charge in [0.15, 0.2) is 5.78 Å². The molecule has 5 heteroatoms. The first kappa shape index (κ1) is 23.4. The summed E-state index contributed by atoms with van der Waals surface area (Å²) in [6.07, 6.45) is 2.50. The highest BCUT2D eigenvalue weighted by atomic mass is 16.4. The van der Waals surface area contributed by atoms with Crippen LogP contribution in [0.5, 0.6) is 0 Å². The van der Waals surface area contributed by atoms with Crippen LogP contribution in [-0.4, -0.2) is 32.9 Å². The standard InChI is InChI=1S/C27H30N2O3/c1-18-6-4-5-7-24(18)25(17-26(29-32)23-14-15-28-19(2)16-23)21-9-11-22(12-10-21)27(31)13-8-20(3)30/h4-7,9-12,14-16,20,25,30,32H,8,13,17H2,1-3H3/b29-26+/t20-,25+/m0/s1. The number of benzene rings is 2. The lowest BCUT2D eigenvalue weighted by Crippen LogP contribution is -2.12. The Morgan fingerprint density at radius 3 is 2.38 bits per heavy atom. The maximum Gasteiger partial charge on any atom is 0.162 e. The summed E-state index contributed by atoms with van der Waals surface area (Å²) in [5.74, 6) is -0.0213. The third-order valence-electron chi connectivity index (χ3n) is 5.74. The summed E-state index contributed by atoms with van der Waals surface area (Å²) in [6, 6.07) is 19.6. The molecule has 0 spiro atoms. The zero-order valence-corrected chi connectivity index (χ0v) is 18.8. The molecule has 3 aromatic rings. The minimum atomic E-state index is -0.489. The van der Waals surface area contributed by atoms with E-state index in [0.29, 0.717) is 30.5 Å². The van der Waals surface area contributed by atoms with Crippen molar-refractivity contribution in [2.24, 2.45) is 5.16 Å². The molecule has 0 saturated carbocycles. The van der Waals surface area contributed by atoms with Gasteiger partial charge in [0.05, 0.1) is 11.8 Å². The molecule has 0 radical (unpaired) electrons. The number of aromatic nitrogens is 1. The lowest BCUT2D eigenvalue weighted by atomic mass is 9.83. The van der Waals surface area contributed by atoms with E-state index in [4.69, 9.17) is 0 Å². The molecule has 2 aromatic carbocycles. The third-order valence-corrected chi connectivity index (χ3v) is 5.74. The molecular weight excluding hydrogens is 400 g/mol. The van der Waals surface area contributed by atoms with Gasteiger partial charge in [0, 0.05) is 41.8 Å². The fraction of sp³-hybridized carbons (Fsp3) is 0.296. The van der Waals surface area contributed by atoms with Gasteiger partial charge in [-0.1, -0.05) is 53.7 Å². The summed E-state index contributed by atoms with van der Waals surface area (Å²) in [5.41, 5.74) is 6.25. The molecule has 0 aliphatic carbocycles. The van der Waals surface area contributed by atoms with Gasteiger partial charge >= 0.3 is 0 Å². The molecule has 0 amide bonds. The Morgan fingerprint density at radius 2 is 1.75 bits per heavy atom. The van der Waals surface area contributed by atoms with Crippen LogP contribution < -0.4 is 0 Å². The van der Waals surface area contributed by atoms with Crippen molar-refractivity contribution < 1.29 is 15.1 Å². The van der Waals surface area contributed by atoms with Gasteiger partial charge in [0.25, 0.3) is 0 Å². The Bertz CT molecular complexity index is 1090. The van der Waals surface area contributed by atoms with Crippen LogP contribution in [-0.2, 0) is 0 Å². The summed E-state index contributed by atoms with van der Waals surface area (Å²) in [4.78, 5) is 16.7. The molecule has 166 valence electrons. The maximum atomic E-state index is 12.4. The van der Waals surface area contributed by atoms with E-state index in [2.05, 4.69) is 29.2 Å². The number of aryl methyl sites for hydroxylation is 2. The van der Waals surface area contributed by atoms with E-state index >= 15 is 0 Å². The largest absolute Gasteiger partial charge is 0.411 e. The number of aliphatic hydroxyl groups is 1. The third kappa shape index (κ3) is 5.89. The molecule has 1 aromatic heterocycles. The molecule has 5 nitrogen and oxygen atoms in total. The van der Waals surface area contributed by atoms with Gasteiger partial charge in [-0.3, -0.25) is 9.78 Å². The molecule has 0 aliphatic heterocycles. The van der Waals surface area contributed by atoms with Crippen LogP contribution in [0, 0.1) is 13.8 Å². The Hall–Kier alpha value is -3.31. The summed E-state index contributed by atoms with van der Waals surface area (Å²) < 4.78 is 0. The van der Waals surface area contributed by atoms with Crippen LogP contribution in [0.3, 0.4) is 0 Å². The number of hydrogen-bond acceptors (Lipinski definition) is 5. The Balaban J connectivity index is 1.93. The number of ketones is 1. The fourth-order valence-electron chi connectivity index (χ4n) is 3.91. The fourth-order valence-corrected chi connectivity index (χ4v) is 3.91. The lowest BCUT2D eigenvalue weighted by molar-refractivity contribution is 0.0949. The number of pyridine rings is 1. The number of aliphatic hydroxyl groups excluding tert-OH is 1. The van der Waals surface area contributed by atoms with E-state index in [1.165, 1.54) is 0 Å². The molecule has 2 atom stereocenters. The molecule has 32 heavy (non-hydrogen) atoms. The van der Waals surface area contributed by atoms with Gasteiger partial charge in [-0.15, -0.1) is 0 Å². The van der Waals surface area contributed by atoms with Gasteiger partial charge in [0.1, 0.15) is 0 Å². The number of Topliss-reactive ketones (excluding diaryl/α,β-unsaturated/α-hetero) is 1. The second-order valence-corrected chi connectivity index (χ2v) is 8.28. The van der Waals surface area contributed by atoms with E-state index in [1.54, 1.807) is 13.1 Å². The van der Waals surface area contributed by atoms with Crippen LogP contribution >= 0.6 is 0 Å². The molecule has 3 rings (SSSR count). The van der Waals surface area contributed by atoms with E-state index in [9.17, 15) is 15.1 Å². The van der Waals surface area contributed by atoms with Crippen LogP contribution in [0.1, 0.15) is 70.4 Å². The van der Waals surface area contributed by atoms with E-state index in [1.807, 2.05) is 55.5 Å². The van der Waals surface area contributed by atoms with Crippen molar-refractivity contribution in [3.63, 3.8) is 0 Å². The number of oxime groups is 1. The molecule has 0 fully saturated rings. The topological polar surface area (TPSA) is 82.8 Å². The zero-order valence-electron chi connectivity index (χ0n) is 18.8. The molecule has 0 unspecified atom stereocenters. The summed E-state index contributed by atoms with van der Waals surface area (Å²) in [6.45, 7) is 5.67. The van der Waals surface area contributed by atoms with Gasteiger partial charge in [0.2, 0.25) is 0 Å². The van der Waals surface area contributed by atoms with E-state index in [-0.39, 0.29) is 11.7 Å². The summed E-state index contributed by atoms with van der Waals surface area (Å²) in [5, 5.41) is 22.9. The lowest BCUT2D eigenvalue weighted by Gasteiger charge is -2.21. The number of carbonyl (C=O) groups is 1. The second kappa shape index (κ2) is 10.8. The minimum absolute atomic E-state index is 0.0229. The highest BCUT2D eigenvalue weighted by Crippen LogP contribution is 2.32. The highest BCUT2D eigenvalue weighted by molar-refractivity contribution is 6.01. The van der Waals surface area contributed by atoms with Crippen LogP contribution in [0.4, 0.5) is 0 Å². The predicted octanol–water partition coefficient (Wildman–Crippen LogP) is 5.44. The van der Waals surface area contributed by atoms with Crippen molar-refractivity contribution in [1.82, 2.24) is 4.98 Å². The first-order chi connectivity index (χ1) is 15.4. The normalized spacial score (nSPS) is 13.6. The van der Waals surface area contributed by atoms with Crippen LogP contribution in [0.15, 0.2) is 72.0 Å². The SMILES string of the molecule is Cc1cc(/C(C[C@H](c2ccc(C(=O)CC[C@H](C)O)cc2)c2ccccc2C)=N/O)ccn1. The number of rotatable bonds is 9. The average Bonchev–Trinajstić information content (AvgIpc) is 2.79. The van der Waals surface area contributed by atoms with E-state index in [0.717, 1.165) is 27.9 Å². The quantitative estimate of drug-likeness (QED) is 0.205.